The van der Waals surface area contributed by atoms with E-state index in [1.54, 1.807) is 23.5 Å². The minimum atomic E-state index is -0.301. The van der Waals surface area contributed by atoms with Crippen LogP contribution >= 0.6 is 22.7 Å². The highest BCUT2D eigenvalue weighted by molar-refractivity contribution is 7.10. The number of nitrogens with zero attached hydrogens (tertiary/aromatic N) is 1. The van der Waals surface area contributed by atoms with Crippen LogP contribution in [0, 0.1) is 5.82 Å². The maximum Gasteiger partial charge on any atom is 0.306 e. The molecule has 0 aliphatic rings. The first kappa shape index (κ1) is 17.6. The zero-order valence-corrected chi connectivity index (χ0v) is 14.9. The van der Waals surface area contributed by atoms with Crippen molar-refractivity contribution in [3.05, 3.63) is 68.6 Å². The number of carbonyl (C=O) groups excluding carboxylic acids is 1. The second kappa shape index (κ2) is 8.73. The number of ether oxygens (including phenoxy) is 2. The number of thiazole rings is 1. The molecule has 25 heavy (non-hydrogen) atoms. The van der Waals surface area contributed by atoms with Gasteiger partial charge < -0.3 is 9.47 Å². The minimum Gasteiger partial charge on any atom is -0.486 e. The van der Waals surface area contributed by atoms with Gasteiger partial charge in [0.2, 0.25) is 0 Å². The van der Waals surface area contributed by atoms with E-state index in [4.69, 9.17) is 9.47 Å². The highest BCUT2D eigenvalue weighted by Crippen LogP contribution is 2.17. The molecule has 0 spiro atoms. The fourth-order valence-electron chi connectivity index (χ4n) is 2.06. The Bertz CT molecular complexity index is 800. The molecular formula is C18H16FNO3S2. The predicted octanol–water partition coefficient (Wildman–Crippen LogP) is 4.60. The molecule has 0 atom stereocenters. The molecule has 0 amide bonds. The van der Waals surface area contributed by atoms with Gasteiger partial charge in [-0.3, -0.25) is 4.79 Å². The number of benzene rings is 1. The first-order valence-electron chi connectivity index (χ1n) is 7.69. The van der Waals surface area contributed by atoms with Crippen molar-refractivity contribution < 1.29 is 18.7 Å². The van der Waals surface area contributed by atoms with Gasteiger partial charge in [0, 0.05) is 10.3 Å². The Morgan fingerprint density at radius 3 is 2.72 bits per heavy atom. The Morgan fingerprint density at radius 1 is 1.12 bits per heavy atom. The first-order valence-corrected chi connectivity index (χ1v) is 9.44. The Kier molecular flexibility index (Phi) is 6.14. The maximum atomic E-state index is 12.8. The molecule has 0 aliphatic heterocycles. The molecule has 7 heteroatoms. The van der Waals surface area contributed by atoms with Crippen molar-refractivity contribution in [1.82, 2.24) is 4.98 Å². The summed E-state index contributed by atoms with van der Waals surface area (Å²) in [4.78, 5) is 17.3. The lowest BCUT2D eigenvalue weighted by Crippen LogP contribution is -2.06. The summed E-state index contributed by atoms with van der Waals surface area (Å²) < 4.78 is 23.6. The van der Waals surface area contributed by atoms with Crippen LogP contribution in [-0.2, 0) is 29.2 Å². The van der Waals surface area contributed by atoms with Crippen LogP contribution in [0.15, 0.2) is 47.2 Å². The van der Waals surface area contributed by atoms with Gasteiger partial charge in [-0.2, -0.15) is 0 Å². The lowest BCUT2D eigenvalue weighted by molar-refractivity contribution is -0.145. The summed E-state index contributed by atoms with van der Waals surface area (Å²) in [7, 11) is 0. The van der Waals surface area contributed by atoms with E-state index in [0.717, 1.165) is 5.01 Å². The third kappa shape index (κ3) is 5.65. The van der Waals surface area contributed by atoms with Gasteiger partial charge in [0.15, 0.2) is 0 Å². The summed E-state index contributed by atoms with van der Waals surface area (Å²) in [6, 6.07) is 9.80. The first-order chi connectivity index (χ1) is 12.2. The van der Waals surface area contributed by atoms with Gasteiger partial charge in [-0.1, -0.05) is 6.07 Å². The van der Waals surface area contributed by atoms with Gasteiger partial charge in [-0.05, 0) is 42.1 Å². The number of thiophene rings is 1. The van der Waals surface area contributed by atoms with E-state index < -0.39 is 0 Å². The quantitative estimate of drug-likeness (QED) is 0.539. The van der Waals surface area contributed by atoms with Crippen LogP contribution in [0.4, 0.5) is 4.39 Å². The van der Waals surface area contributed by atoms with Crippen molar-refractivity contribution in [3.63, 3.8) is 0 Å². The smallest absolute Gasteiger partial charge is 0.306 e. The average Bonchev–Trinajstić information content (AvgIpc) is 3.29. The number of aromatic nitrogens is 1. The monoisotopic (exact) mass is 377 g/mol. The summed E-state index contributed by atoms with van der Waals surface area (Å²) >= 11 is 3.07. The number of halogens is 1. The van der Waals surface area contributed by atoms with Crippen LogP contribution in [0.3, 0.4) is 0 Å². The number of rotatable bonds is 8. The highest BCUT2D eigenvalue weighted by atomic mass is 32.1. The van der Waals surface area contributed by atoms with Gasteiger partial charge in [-0.15, -0.1) is 22.7 Å². The summed E-state index contributed by atoms with van der Waals surface area (Å²) in [5, 5.41) is 4.61. The lowest BCUT2D eigenvalue weighted by Gasteiger charge is -2.03. The number of hydrogen-bond acceptors (Lipinski definition) is 6. The molecule has 0 saturated heterocycles. The largest absolute Gasteiger partial charge is 0.486 e. The molecular weight excluding hydrogens is 361 g/mol. The van der Waals surface area contributed by atoms with Crippen LogP contribution < -0.4 is 4.74 Å². The van der Waals surface area contributed by atoms with E-state index in [1.165, 1.54) is 28.3 Å². The molecule has 130 valence electrons. The lowest BCUT2D eigenvalue weighted by atomic mass is 10.3. The minimum absolute atomic E-state index is 0.163. The molecule has 3 rings (SSSR count). The van der Waals surface area contributed by atoms with Crippen LogP contribution in [0.1, 0.15) is 22.0 Å². The molecule has 0 saturated carbocycles. The zero-order chi connectivity index (χ0) is 17.5. The summed E-state index contributed by atoms with van der Waals surface area (Å²) in [6.45, 7) is 0.457. The van der Waals surface area contributed by atoms with Crippen molar-refractivity contribution in [2.75, 3.05) is 0 Å². The molecule has 2 heterocycles. The van der Waals surface area contributed by atoms with Gasteiger partial charge >= 0.3 is 5.97 Å². The van der Waals surface area contributed by atoms with E-state index in [-0.39, 0.29) is 18.4 Å². The van der Waals surface area contributed by atoms with Gasteiger partial charge in [0.05, 0.1) is 12.1 Å². The van der Waals surface area contributed by atoms with E-state index in [0.29, 0.717) is 30.9 Å². The second-order valence-corrected chi connectivity index (χ2v) is 7.19. The normalized spacial score (nSPS) is 10.6. The molecule has 0 fully saturated rings. The Morgan fingerprint density at radius 2 is 1.96 bits per heavy atom. The Labute approximate surface area is 152 Å². The molecule has 0 bridgehead atoms. The van der Waals surface area contributed by atoms with Crippen LogP contribution in [0.5, 0.6) is 5.75 Å². The summed E-state index contributed by atoms with van der Waals surface area (Å²) in [5.41, 5.74) is 0.701. The third-order valence-electron chi connectivity index (χ3n) is 3.31. The molecule has 2 aromatic heterocycles. The highest BCUT2D eigenvalue weighted by Gasteiger charge is 2.08. The molecule has 0 unspecified atom stereocenters. The predicted molar refractivity (Wildman–Crippen MR) is 95.3 cm³/mol. The van der Waals surface area contributed by atoms with E-state index in [2.05, 4.69) is 4.98 Å². The third-order valence-corrected chi connectivity index (χ3v) is 5.12. The van der Waals surface area contributed by atoms with E-state index >= 15 is 0 Å². The average molecular weight is 377 g/mol. The molecule has 0 radical (unpaired) electrons. The van der Waals surface area contributed by atoms with Crippen molar-refractivity contribution in [2.45, 2.75) is 26.1 Å². The SMILES string of the molecule is O=C(CCc1cccs1)OCc1csc(COc2ccc(F)cc2)n1. The van der Waals surface area contributed by atoms with E-state index in [9.17, 15) is 9.18 Å². The molecule has 3 aromatic rings. The van der Waals surface area contributed by atoms with Crippen LogP contribution in [0.2, 0.25) is 0 Å². The molecule has 4 nitrogen and oxygen atoms in total. The van der Waals surface area contributed by atoms with Crippen LogP contribution in [0.25, 0.3) is 0 Å². The number of aryl methyl sites for hydroxylation is 1. The molecule has 0 aliphatic carbocycles. The number of esters is 1. The maximum absolute atomic E-state index is 12.8. The van der Waals surface area contributed by atoms with Crippen molar-refractivity contribution in [1.29, 1.82) is 0 Å². The zero-order valence-electron chi connectivity index (χ0n) is 13.3. The Hall–Kier alpha value is -2.25. The number of carbonyl (C=O) groups is 1. The molecule has 0 N–H and O–H groups in total. The molecule has 1 aromatic carbocycles. The standard InChI is InChI=1S/C18H16FNO3S2/c19-13-3-5-15(6-4-13)22-11-17-20-14(12-25-17)10-23-18(21)8-7-16-2-1-9-24-16/h1-6,9,12H,7-8,10-11H2. The Balaban J connectivity index is 1.40. The fourth-order valence-corrected chi connectivity index (χ4v) is 3.46. The number of hydrogen-bond donors (Lipinski definition) is 0. The summed E-state index contributed by atoms with van der Waals surface area (Å²) in [5.74, 6) is 0.0495. The second-order valence-electron chi connectivity index (χ2n) is 5.22. The van der Waals surface area contributed by atoms with Crippen LogP contribution in [-0.4, -0.2) is 11.0 Å². The van der Waals surface area contributed by atoms with Gasteiger partial charge in [0.25, 0.3) is 0 Å². The van der Waals surface area contributed by atoms with Gasteiger partial charge in [0.1, 0.15) is 29.8 Å². The van der Waals surface area contributed by atoms with Crippen molar-refractivity contribution >= 4 is 28.6 Å². The fraction of sp³-hybridized carbons (Fsp3) is 0.222. The van der Waals surface area contributed by atoms with Crippen molar-refractivity contribution in [2.24, 2.45) is 0 Å². The topological polar surface area (TPSA) is 48.4 Å². The summed E-state index contributed by atoms with van der Waals surface area (Å²) in [6.07, 6.45) is 1.06. The van der Waals surface area contributed by atoms with E-state index in [1.807, 2.05) is 22.9 Å². The van der Waals surface area contributed by atoms with Crippen molar-refractivity contribution in [3.8, 4) is 5.75 Å². The van der Waals surface area contributed by atoms with Gasteiger partial charge in [-0.25, -0.2) is 9.37 Å².